The SMILES string of the molecule is CCC(C)NS(=O)(=O)c1c(CO)sc2ccccc12. The maximum Gasteiger partial charge on any atom is 0.242 e. The Morgan fingerprint density at radius 3 is 2.68 bits per heavy atom. The molecule has 0 aliphatic heterocycles. The average Bonchev–Trinajstić information content (AvgIpc) is 2.77. The molecule has 0 saturated carbocycles. The van der Waals surface area contributed by atoms with Gasteiger partial charge in [0.2, 0.25) is 10.0 Å². The van der Waals surface area contributed by atoms with Crippen LogP contribution in [0.1, 0.15) is 25.1 Å². The molecule has 0 amide bonds. The zero-order chi connectivity index (χ0) is 14.0. The molecule has 0 spiro atoms. The Labute approximate surface area is 117 Å². The second kappa shape index (κ2) is 5.58. The van der Waals surface area contributed by atoms with Gasteiger partial charge in [0.1, 0.15) is 4.90 Å². The molecule has 2 rings (SSSR count). The fourth-order valence-corrected chi connectivity index (χ4v) is 5.00. The van der Waals surface area contributed by atoms with Gasteiger partial charge in [0.25, 0.3) is 0 Å². The van der Waals surface area contributed by atoms with E-state index in [1.807, 2.05) is 26.0 Å². The molecule has 19 heavy (non-hydrogen) atoms. The normalized spacial score (nSPS) is 13.8. The quantitative estimate of drug-likeness (QED) is 0.891. The van der Waals surface area contributed by atoms with E-state index in [-0.39, 0.29) is 17.5 Å². The van der Waals surface area contributed by atoms with Gasteiger partial charge in [0.15, 0.2) is 0 Å². The highest BCUT2D eigenvalue weighted by molar-refractivity contribution is 7.90. The van der Waals surface area contributed by atoms with Gasteiger partial charge < -0.3 is 5.11 Å². The number of thiophene rings is 1. The Kier molecular flexibility index (Phi) is 4.25. The first-order valence-corrected chi connectivity index (χ1v) is 8.43. The molecular formula is C13H17NO3S2. The van der Waals surface area contributed by atoms with Gasteiger partial charge in [-0.05, 0) is 19.4 Å². The van der Waals surface area contributed by atoms with Gasteiger partial charge >= 0.3 is 0 Å². The van der Waals surface area contributed by atoms with Gasteiger partial charge in [0.05, 0.1) is 11.5 Å². The second-order valence-corrected chi connectivity index (χ2v) is 7.23. The summed E-state index contributed by atoms with van der Waals surface area (Å²) < 4.78 is 28.4. The number of rotatable bonds is 5. The lowest BCUT2D eigenvalue weighted by Gasteiger charge is -2.12. The molecule has 4 nitrogen and oxygen atoms in total. The molecule has 0 aliphatic rings. The molecule has 0 bridgehead atoms. The lowest BCUT2D eigenvalue weighted by Crippen LogP contribution is -2.32. The Balaban J connectivity index is 2.60. The summed E-state index contributed by atoms with van der Waals surface area (Å²) in [5.74, 6) is 0. The lowest BCUT2D eigenvalue weighted by atomic mass is 10.2. The van der Waals surface area contributed by atoms with E-state index < -0.39 is 10.0 Å². The van der Waals surface area contributed by atoms with Crippen molar-refractivity contribution in [2.75, 3.05) is 0 Å². The number of aliphatic hydroxyl groups is 1. The summed E-state index contributed by atoms with van der Waals surface area (Å²) in [4.78, 5) is 0.702. The van der Waals surface area contributed by atoms with Crippen LogP contribution in [0.2, 0.25) is 0 Å². The maximum atomic E-state index is 12.4. The molecular weight excluding hydrogens is 282 g/mol. The first-order valence-electron chi connectivity index (χ1n) is 6.13. The molecule has 1 aromatic carbocycles. The monoisotopic (exact) mass is 299 g/mol. The molecule has 0 fully saturated rings. The van der Waals surface area contributed by atoms with Crippen LogP contribution in [-0.2, 0) is 16.6 Å². The highest BCUT2D eigenvalue weighted by atomic mass is 32.2. The first-order chi connectivity index (χ1) is 8.99. The van der Waals surface area contributed by atoms with E-state index in [0.29, 0.717) is 10.3 Å². The van der Waals surface area contributed by atoms with Gasteiger partial charge in [-0.2, -0.15) is 0 Å². The van der Waals surface area contributed by atoms with E-state index >= 15 is 0 Å². The van der Waals surface area contributed by atoms with E-state index in [4.69, 9.17) is 0 Å². The van der Waals surface area contributed by atoms with Crippen molar-refractivity contribution >= 4 is 31.4 Å². The van der Waals surface area contributed by atoms with Gasteiger partial charge in [0, 0.05) is 16.1 Å². The third kappa shape index (κ3) is 2.81. The Hall–Kier alpha value is -0.950. The molecule has 0 saturated heterocycles. The lowest BCUT2D eigenvalue weighted by molar-refractivity contribution is 0.282. The number of benzene rings is 1. The number of nitrogens with one attached hydrogen (secondary N) is 1. The van der Waals surface area contributed by atoms with Crippen molar-refractivity contribution in [3.05, 3.63) is 29.1 Å². The van der Waals surface area contributed by atoms with Crippen molar-refractivity contribution in [1.82, 2.24) is 4.72 Å². The van der Waals surface area contributed by atoms with Crippen molar-refractivity contribution in [3.8, 4) is 0 Å². The zero-order valence-electron chi connectivity index (χ0n) is 10.9. The van der Waals surface area contributed by atoms with Gasteiger partial charge in [-0.25, -0.2) is 13.1 Å². The number of hydrogen-bond acceptors (Lipinski definition) is 4. The van der Waals surface area contributed by atoms with Crippen LogP contribution in [0.25, 0.3) is 10.1 Å². The van der Waals surface area contributed by atoms with Crippen LogP contribution < -0.4 is 4.72 Å². The molecule has 6 heteroatoms. The standard InChI is InChI=1S/C13H17NO3S2/c1-3-9(2)14-19(16,17)13-10-6-4-5-7-11(10)18-12(13)8-15/h4-7,9,14-15H,3,8H2,1-2H3. The maximum absolute atomic E-state index is 12.4. The number of aliphatic hydroxyl groups excluding tert-OH is 1. The number of hydrogen-bond donors (Lipinski definition) is 2. The molecule has 2 aromatic rings. The fourth-order valence-electron chi connectivity index (χ4n) is 1.88. The van der Waals surface area contributed by atoms with E-state index in [2.05, 4.69) is 4.72 Å². The van der Waals surface area contributed by atoms with Crippen LogP contribution in [0.5, 0.6) is 0 Å². The van der Waals surface area contributed by atoms with E-state index in [0.717, 1.165) is 11.1 Å². The Morgan fingerprint density at radius 2 is 2.05 bits per heavy atom. The number of fused-ring (bicyclic) bond motifs is 1. The van der Waals surface area contributed by atoms with E-state index in [1.165, 1.54) is 11.3 Å². The van der Waals surface area contributed by atoms with Crippen LogP contribution in [0.4, 0.5) is 0 Å². The molecule has 1 aromatic heterocycles. The zero-order valence-corrected chi connectivity index (χ0v) is 12.5. The minimum atomic E-state index is -3.60. The summed E-state index contributed by atoms with van der Waals surface area (Å²) in [6.45, 7) is 3.48. The van der Waals surface area contributed by atoms with Crippen LogP contribution in [0.15, 0.2) is 29.2 Å². The van der Waals surface area contributed by atoms with Gasteiger partial charge in [-0.15, -0.1) is 11.3 Å². The van der Waals surface area contributed by atoms with E-state index in [1.54, 1.807) is 12.1 Å². The van der Waals surface area contributed by atoms with Gasteiger partial charge in [-0.1, -0.05) is 25.1 Å². The summed E-state index contributed by atoms with van der Waals surface area (Å²) in [5, 5.41) is 10.1. The van der Waals surface area contributed by atoms with Gasteiger partial charge in [-0.3, -0.25) is 0 Å². The minimum Gasteiger partial charge on any atom is -0.391 e. The predicted octanol–water partition coefficient (Wildman–Crippen LogP) is 2.47. The smallest absolute Gasteiger partial charge is 0.242 e. The third-order valence-corrected chi connectivity index (χ3v) is 6.00. The molecule has 0 aliphatic carbocycles. The molecule has 1 atom stereocenters. The first kappa shape index (κ1) is 14.5. The van der Waals surface area contributed by atoms with Crippen LogP contribution in [0, 0.1) is 0 Å². The summed E-state index contributed by atoms with van der Waals surface area (Å²) in [7, 11) is -3.60. The summed E-state index contributed by atoms with van der Waals surface area (Å²) in [6, 6.07) is 7.17. The minimum absolute atomic E-state index is 0.129. The van der Waals surface area contributed by atoms with Crippen LogP contribution in [0.3, 0.4) is 0 Å². The topological polar surface area (TPSA) is 66.4 Å². The number of sulfonamides is 1. The molecule has 104 valence electrons. The Morgan fingerprint density at radius 1 is 1.37 bits per heavy atom. The van der Waals surface area contributed by atoms with Crippen LogP contribution >= 0.6 is 11.3 Å². The predicted molar refractivity (Wildman–Crippen MR) is 77.8 cm³/mol. The summed E-state index contributed by atoms with van der Waals surface area (Å²) in [6.07, 6.45) is 0.718. The van der Waals surface area contributed by atoms with Crippen molar-refractivity contribution in [2.24, 2.45) is 0 Å². The molecule has 2 N–H and O–H groups in total. The second-order valence-electron chi connectivity index (χ2n) is 4.44. The van der Waals surface area contributed by atoms with Crippen molar-refractivity contribution in [2.45, 2.75) is 37.8 Å². The average molecular weight is 299 g/mol. The largest absolute Gasteiger partial charge is 0.391 e. The van der Waals surface area contributed by atoms with E-state index in [9.17, 15) is 13.5 Å². The highest BCUT2D eigenvalue weighted by Gasteiger charge is 2.25. The third-order valence-electron chi connectivity index (χ3n) is 3.00. The molecule has 1 unspecified atom stereocenters. The van der Waals surface area contributed by atoms with Crippen molar-refractivity contribution in [1.29, 1.82) is 0 Å². The fraction of sp³-hybridized carbons (Fsp3) is 0.385. The van der Waals surface area contributed by atoms with Crippen molar-refractivity contribution < 1.29 is 13.5 Å². The summed E-state index contributed by atoms with van der Waals surface area (Å²) >= 11 is 1.32. The van der Waals surface area contributed by atoms with Crippen LogP contribution in [-0.4, -0.2) is 19.6 Å². The van der Waals surface area contributed by atoms with Crippen molar-refractivity contribution in [3.63, 3.8) is 0 Å². The highest BCUT2D eigenvalue weighted by Crippen LogP contribution is 2.34. The molecule has 0 radical (unpaired) electrons. The Bertz CT molecular complexity index is 676. The molecule has 1 heterocycles. The summed E-state index contributed by atoms with van der Waals surface area (Å²) in [5.41, 5.74) is 0.